The van der Waals surface area contributed by atoms with Crippen LogP contribution in [0.5, 0.6) is 0 Å². The largest absolute Gasteiger partial charge is 0.416 e. The van der Waals surface area contributed by atoms with Crippen molar-refractivity contribution in [3.05, 3.63) is 29.3 Å². The van der Waals surface area contributed by atoms with E-state index in [1.807, 2.05) is 25.1 Å². The quantitative estimate of drug-likeness (QED) is 0.840. The van der Waals surface area contributed by atoms with Crippen LogP contribution in [-0.4, -0.2) is 38.1 Å². The Morgan fingerprint density at radius 3 is 2.62 bits per heavy atom. The SMILES string of the molecule is CN(C)C1CCCN(c2ccc(C(F)(F)F)cc2C#N)C1. The van der Waals surface area contributed by atoms with Crippen molar-refractivity contribution < 1.29 is 13.2 Å². The molecule has 1 atom stereocenters. The Labute approximate surface area is 122 Å². The lowest BCUT2D eigenvalue weighted by molar-refractivity contribution is -0.137. The summed E-state index contributed by atoms with van der Waals surface area (Å²) in [6, 6.07) is 5.65. The van der Waals surface area contributed by atoms with Gasteiger partial charge in [0, 0.05) is 19.1 Å². The third-order valence-electron chi connectivity index (χ3n) is 3.91. The van der Waals surface area contributed by atoms with Gasteiger partial charge in [0.05, 0.1) is 16.8 Å². The number of likely N-dealkylation sites (N-methyl/N-ethyl adjacent to an activating group) is 1. The van der Waals surface area contributed by atoms with Crippen molar-refractivity contribution >= 4 is 5.69 Å². The molecule has 0 N–H and O–H groups in total. The van der Waals surface area contributed by atoms with Crippen molar-refractivity contribution in [1.82, 2.24) is 4.90 Å². The first-order valence-corrected chi connectivity index (χ1v) is 6.85. The second-order valence-electron chi connectivity index (χ2n) is 5.55. The zero-order chi connectivity index (χ0) is 15.6. The van der Waals surface area contributed by atoms with E-state index in [0.717, 1.165) is 38.1 Å². The molecular weight excluding hydrogens is 279 g/mol. The van der Waals surface area contributed by atoms with E-state index in [2.05, 4.69) is 4.90 Å². The Morgan fingerprint density at radius 1 is 1.33 bits per heavy atom. The molecule has 1 aliphatic heterocycles. The van der Waals surface area contributed by atoms with Gasteiger partial charge in [-0.1, -0.05) is 0 Å². The topological polar surface area (TPSA) is 30.3 Å². The molecule has 3 nitrogen and oxygen atoms in total. The molecule has 0 amide bonds. The summed E-state index contributed by atoms with van der Waals surface area (Å²) in [4.78, 5) is 4.12. The Morgan fingerprint density at radius 2 is 2.05 bits per heavy atom. The van der Waals surface area contributed by atoms with Crippen LogP contribution in [0, 0.1) is 11.3 Å². The summed E-state index contributed by atoms with van der Waals surface area (Å²) < 4.78 is 38.1. The summed E-state index contributed by atoms with van der Waals surface area (Å²) in [6.07, 6.45) is -2.39. The summed E-state index contributed by atoms with van der Waals surface area (Å²) in [5.41, 5.74) is -0.0924. The average molecular weight is 297 g/mol. The summed E-state index contributed by atoms with van der Waals surface area (Å²) >= 11 is 0. The number of anilines is 1. The van der Waals surface area contributed by atoms with Crippen LogP contribution in [-0.2, 0) is 6.18 Å². The van der Waals surface area contributed by atoms with Crippen LogP contribution in [0.4, 0.5) is 18.9 Å². The first-order valence-electron chi connectivity index (χ1n) is 6.85. The van der Waals surface area contributed by atoms with Crippen LogP contribution < -0.4 is 4.90 Å². The maximum Gasteiger partial charge on any atom is 0.416 e. The first-order chi connectivity index (χ1) is 9.82. The fraction of sp³-hybridized carbons (Fsp3) is 0.533. The Balaban J connectivity index is 2.30. The minimum Gasteiger partial charge on any atom is -0.369 e. The highest BCUT2D eigenvalue weighted by Gasteiger charge is 2.32. The number of piperidine rings is 1. The number of nitrogens with zero attached hydrogens (tertiary/aromatic N) is 3. The monoisotopic (exact) mass is 297 g/mol. The number of benzene rings is 1. The van der Waals surface area contributed by atoms with Crippen molar-refractivity contribution in [3.63, 3.8) is 0 Å². The van der Waals surface area contributed by atoms with Crippen LogP contribution in [0.2, 0.25) is 0 Å². The highest BCUT2D eigenvalue weighted by atomic mass is 19.4. The Kier molecular flexibility index (Phi) is 4.43. The zero-order valence-electron chi connectivity index (χ0n) is 12.1. The van der Waals surface area contributed by atoms with Gasteiger partial charge in [0.2, 0.25) is 0 Å². The lowest BCUT2D eigenvalue weighted by Crippen LogP contribution is -2.45. The lowest BCUT2D eigenvalue weighted by Gasteiger charge is -2.37. The van der Waals surface area contributed by atoms with E-state index in [1.165, 1.54) is 6.07 Å². The third-order valence-corrected chi connectivity index (χ3v) is 3.91. The number of hydrogen-bond donors (Lipinski definition) is 0. The van der Waals surface area contributed by atoms with E-state index in [0.29, 0.717) is 11.7 Å². The van der Waals surface area contributed by atoms with E-state index in [9.17, 15) is 13.2 Å². The van der Waals surface area contributed by atoms with Crippen LogP contribution in [0.15, 0.2) is 18.2 Å². The van der Waals surface area contributed by atoms with Gasteiger partial charge < -0.3 is 9.80 Å². The van der Waals surface area contributed by atoms with Crippen molar-refractivity contribution in [2.24, 2.45) is 0 Å². The maximum atomic E-state index is 12.7. The number of halogens is 3. The number of alkyl halides is 3. The van der Waals surface area contributed by atoms with Gasteiger partial charge in [-0.2, -0.15) is 18.4 Å². The Hall–Kier alpha value is -1.74. The van der Waals surface area contributed by atoms with E-state index in [1.54, 1.807) is 0 Å². The molecule has 0 radical (unpaired) electrons. The lowest BCUT2D eigenvalue weighted by atomic mass is 10.0. The van der Waals surface area contributed by atoms with Gasteiger partial charge in [0.1, 0.15) is 6.07 Å². The van der Waals surface area contributed by atoms with Gasteiger partial charge in [-0.3, -0.25) is 0 Å². The molecule has 0 aromatic heterocycles. The minimum absolute atomic E-state index is 0.0873. The van der Waals surface area contributed by atoms with Gasteiger partial charge in [0.25, 0.3) is 0 Å². The third kappa shape index (κ3) is 3.48. The predicted molar refractivity (Wildman–Crippen MR) is 75.1 cm³/mol. The molecule has 1 saturated heterocycles. The zero-order valence-corrected chi connectivity index (χ0v) is 12.1. The summed E-state index contributed by atoms with van der Waals surface area (Å²) in [7, 11) is 3.98. The van der Waals surface area contributed by atoms with Crippen LogP contribution >= 0.6 is 0 Å². The molecule has 114 valence electrons. The minimum atomic E-state index is -4.42. The molecule has 2 rings (SSSR count). The Bertz CT molecular complexity index is 546. The van der Waals surface area contributed by atoms with Crippen LogP contribution in [0.3, 0.4) is 0 Å². The molecule has 1 aliphatic rings. The smallest absolute Gasteiger partial charge is 0.369 e. The van der Waals surface area contributed by atoms with Gasteiger partial charge in [-0.05, 0) is 45.1 Å². The molecular formula is C15H18F3N3. The van der Waals surface area contributed by atoms with Crippen LogP contribution in [0.25, 0.3) is 0 Å². The van der Waals surface area contributed by atoms with Gasteiger partial charge in [0.15, 0.2) is 0 Å². The molecule has 1 unspecified atom stereocenters. The average Bonchev–Trinajstić information content (AvgIpc) is 2.45. The summed E-state index contributed by atoms with van der Waals surface area (Å²) in [5, 5.41) is 9.16. The van der Waals surface area contributed by atoms with Crippen molar-refractivity contribution in [2.75, 3.05) is 32.1 Å². The number of nitriles is 1. The van der Waals surface area contributed by atoms with Gasteiger partial charge in [-0.15, -0.1) is 0 Å². The second kappa shape index (κ2) is 5.94. The van der Waals surface area contributed by atoms with Crippen molar-refractivity contribution in [3.8, 4) is 6.07 Å². The maximum absolute atomic E-state index is 12.7. The summed E-state index contributed by atoms with van der Waals surface area (Å²) in [6.45, 7) is 1.50. The van der Waals surface area contributed by atoms with Crippen LogP contribution in [0.1, 0.15) is 24.0 Å². The fourth-order valence-corrected chi connectivity index (χ4v) is 2.67. The highest BCUT2D eigenvalue weighted by Crippen LogP contribution is 2.33. The first kappa shape index (κ1) is 15.6. The number of rotatable bonds is 2. The fourth-order valence-electron chi connectivity index (χ4n) is 2.67. The molecule has 1 fully saturated rings. The van der Waals surface area contributed by atoms with E-state index >= 15 is 0 Å². The summed E-state index contributed by atoms with van der Waals surface area (Å²) in [5.74, 6) is 0. The molecule has 1 heterocycles. The molecule has 0 saturated carbocycles. The predicted octanol–water partition coefficient (Wildman–Crippen LogP) is 3.11. The second-order valence-corrected chi connectivity index (χ2v) is 5.55. The van der Waals surface area contributed by atoms with Gasteiger partial charge in [-0.25, -0.2) is 0 Å². The normalized spacial score (nSPS) is 19.7. The molecule has 1 aromatic rings. The molecule has 0 spiro atoms. The molecule has 21 heavy (non-hydrogen) atoms. The van der Waals surface area contributed by atoms with E-state index < -0.39 is 11.7 Å². The van der Waals surface area contributed by atoms with E-state index in [-0.39, 0.29) is 5.56 Å². The molecule has 1 aromatic carbocycles. The molecule has 0 aliphatic carbocycles. The van der Waals surface area contributed by atoms with Gasteiger partial charge >= 0.3 is 6.18 Å². The van der Waals surface area contributed by atoms with E-state index in [4.69, 9.17) is 5.26 Å². The standard InChI is InChI=1S/C15H18F3N3/c1-20(2)13-4-3-7-21(10-13)14-6-5-12(15(16,17)18)8-11(14)9-19/h5-6,8,13H,3-4,7,10H2,1-2H3. The van der Waals surface area contributed by atoms with Crippen molar-refractivity contribution in [2.45, 2.75) is 25.1 Å². The van der Waals surface area contributed by atoms with Crippen molar-refractivity contribution in [1.29, 1.82) is 5.26 Å². The molecule has 0 bridgehead atoms. The highest BCUT2D eigenvalue weighted by molar-refractivity contribution is 5.61. The number of hydrogen-bond acceptors (Lipinski definition) is 3. The molecule has 6 heteroatoms.